The van der Waals surface area contributed by atoms with Crippen LogP contribution in [0.15, 0.2) is 6.33 Å². The van der Waals surface area contributed by atoms with Gasteiger partial charge in [0, 0.05) is 19.2 Å². The summed E-state index contributed by atoms with van der Waals surface area (Å²) in [6.07, 6.45) is 1.70. The van der Waals surface area contributed by atoms with E-state index >= 15 is 0 Å². The van der Waals surface area contributed by atoms with E-state index in [9.17, 15) is 10.1 Å². The highest BCUT2D eigenvalue weighted by Crippen LogP contribution is 2.30. The molecule has 100 valence electrons. The number of nitrogen functional groups attached to an aromatic ring is 1. The van der Waals surface area contributed by atoms with Crippen LogP contribution in [0.3, 0.4) is 0 Å². The number of hydrogen-bond donors (Lipinski definition) is 2. The minimum atomic E-state index is -0.584. The number of aromatic nitrogens is 2. The molecule has 1 aromatic heterocycles. The van der Waals surface area contributed by atoms with Crippen molar-refractivity contribution in [3.63, 3.8) is 0 Å². The average molecular weight is 255 g/mol. The summed E-state index contributed by atoms with van der Waals surface area (Å²) in [6.45, 7) is 4.25. The lowest BCUT2D eigenvalue weighted by Gasteiger charge is -2.27. The van der Waals surface area contributed by atoms with Crippen LogP contribution in [0.2, 0.25) is 0 Å². The van der Waals surface area contributed by atoms with Crippen molar-refractivity contribution in [2.45, 2.75) is 26.3 Å². The molecule has 0 amide bonds. The largest absolute Gasteiger partial charge is 0.396 e. The second-order valence-electron chi connectivity index (χ2n) is 4.05. The van der Waals surface area contributed by atoms with Gasteiger partial charge >= 0.3 is 5.69 Å². The fourth-order valence-electron chi connectivity index (χ4n) is 1.62. The van der Waals surface area contributed by atoms with E-state index < -0.39 is 4.92 Å². The van der Waals surface area contributed by atoms with E-state index in [2.05, 4.69) is 9.97 Å². The average Bonchev–Trinajstić information content (AvgIpc) is 2.28. The lowest BCUT2D eigenvalue weighted by Crippen LogP contribution is -2.33. The topological polar surface area (TPSA) is 118 Å². The number of hydrogen-bond acceptors (Lipinski definition) is 7. The molecule has 0 atom stereocenters. The molecule has 1 heterocycles. The Morgan fingerprint density at radius 3 is 2.72 bits per heavy atom. The minimum absolute atomic E-state index is 0.00421. The molecule has 1 rings (SSSR count). The summed E-state index contributed by atoms with van der Waals surface area (Å²) in [5.41, 5.74) is 5.23. The van der Waals surface area contributed by atoms with Gasteiger partial charge in [0.05, 0.1) is 4.92 Å². The van der Waals surface area contributed by atoms with Gasteiger partial charge in [-0.3, -0.25) is 10.1 Å². The van der Waals surface area contributed by atoms with Crippen LogP contribution in [0.1, 0.15) is 20.3 Å². The van der Waals surface area contributed by atoms with Gasteiger partial charge < -0.3 is 15.7 Å². The van der Waals surface area contributed by atoms with Crippen molar-refractivity contribution in [3.05, 3.63) is 16.4 Å². The summed E-state index contributed by atoms with van der Waals surface area (Å²) in [5.74, 6) is 0.0376. The third-order valence-electron chi connectivity index (χ3n) is 2.47. The van der Waals surface area contributed by atoms with Crippen LogP contribution in [0.5, 0.6) is 0 Å². The standard InChI is InChI=1S/C10H17N5O3/c1-7(2)14(4-3-5-16)10-8(15(17)18)9(11)12-6-13-10/h6-7,16H,3-5H2,1-2H3,(H2,11,12,13). The first-order valence-corrected chi connectivity index (χ1v) is 5.61. The number of nitrogens with zero attached hydrogens (tertiary/aromatic N) is 4. The molecule has 8 heteroatoms. The van der Waals surface area contributed by atoms with E-state index in [0.29, 0.717) is 13.0 Å². The molecule has 0 aliphatic carbocycles. The third kappa shape index (κ3) is 3.04. The highest BCUT2D eigenvalue weighted by Gasteiger charge is 2.26. The van der Waals surface area contributed by atoms with Gasteiger partial charge in [-0.2, -0.15) is 0 Å². The first-order chi connectivity index (χ1) is 8.49. The zero-order valence-corrected chi connectivity index (χ0v) is 10.4. The van der Waals surface area contributed by atoms with E-state index in [0.717, 1.165) is 0 Å². The minimum Gasteiger partial charge on any atom is -0.396 e. The molecule has 0 bridgehead atoms. The van der Waals surface area contributed by atoms with E-state index in [1.54, 1.807) is 4.90 Å². The van der Waals surface area contributed by atoms with Gasteiger partial charge in [-0.15, -0.1) is 0 Å². The molecule has 0 aromatic carbocycles. The highest BCUT2D eigenvalue weighted by molar-refractivity contribution is 5.68. The molecule has 1 aromatic rings. The summed E-state index contributed by atoms with van der Waals surface area (Å²) < 4.78 is 0. The Morgan fingerprint density at radius 1 is 1.56 bits per heavy atom. The molecule has 0 aliphatic heterocycles. The quantitative estimate of drug-likeness (QED) is 0.563. The Labute approximate surface area is 105 Å². The smallest absolute Gasteiger partial charge is 0.353 e. The Kier molecular flexibility index (Phi) is 4.78. The lowest BCUT2D eigenvalue weighted by atomic mass is 10.2. The summed E-state index contributed by atoms with van der Waals surface area (Å²) in [7, 11) is 0. The molecule has 0 radical (unpaired) electrons. The van der Waals surface area contributed by atoms with E-state index in [-0.39, 0.29) is 30.0 Å². The van der Waals surface area contributed by atoms with E-state index in [1.165, 1.54) is 6.33 Å². The van der Waals surface area contributed by atoms with Gasteiger partial charge in [0.15, 0.2) is 0 Å². The molecule has 0 aliphatic rings. The van der Waals surface area contributed by atoms with Crippen LogP contribution in [0.4, 0.5) is 17.3 Å². The Hall–Kier alpha value is -1.96. The van der Waals surface area contributed by atoms with Gasteiger partial charge in [0.25, 0.3) is 0 Å². The third-order valence-corrected chi connectivity index (χ3v) is 2.47. The maximum absolute atomic E-state index is 11.0. The number of nitro groups is 1. The van der Waals surface area contributed by atoms with Crippen molar-refractivity contribution in [3.8, 4) is 0 Å². The molecule has 18 heavy (non-hydrogen) atoms. The first kappa shape index (κ1) is 14.1. The summed E-state index contributed by atoms with van der Waals surface area (Å²) in [5, 5.41) is 19.9. The van der Waals surface area contributed by atoms with Crippen molar-refractivity contribution in [1.29, 1.82) is 0 Å². The number of aliphatic hydroxyl groups is 1. The number of nitrogens with two attached hydrogens (primary N) is 1. The number of aliphatic hydroxyl groups excluding tert-OH is 1. The number of anilines is 2. The summed E-state index contributed by atoms with van der Waals surface area (Å²) in [6, 6.07) is 0.00421. The van der Waals surface area contributed by atoms with Crippen molar-refractivity contribution in [2.75, 3.05) is 23.8 Å². The predicted octanol–water partition coefficient (Wildman–Crippen LogP) is 0.564. The van der Waals surface area contributed by atoms with E-state index in [1.807, 2.05) is 13.8 Å². The summed E-state index contributed by atoms with van der Waals surface area (Å²) in [4.78, 5) is 19.7. The van der Waals surface area contributed by atoms with Crippen molar-refractivity contribution < 1.29 is 10.0 Å². The highest BCUT2D eigenvalue weighted by atomic mass is 16.6. The Balaban J connectivity index is 3.19. The first-order valence-electron chi connectivity index (χ1n) is 5.61. The van der Waals surface area contributed by atoms with Gasteiger partial charge in [0.2, 0.25) is 11.6 Å². The molecule has 0 fully saturated rings. The van der Waals surface area contributed by atoms with Gasteiger partial charge in [-0.05, 0) is 20.3 Å². The fourth-order valence-corrected chi connectivity index (χ4v) is 1.62. The molecule has 0 spiro atoms. The normalized spacial score (nSPS) is 10.7. The zero-order chi connectivity index (χ0) is 13.7. The monoisotopic (exact) mass is 255 g/mol. The van der Waals surface area contributed by atoms with Crippen LogP contribution in [-0.4, -0.2) is 39.2 Å². The second-order valence-corrected chi connectivity index (χ2v) is 4.05. The summed E-state index contributed by atoms with van der Waals surface area (Å²) >= 11 is 0. The van der Waals surface area contributed by atoms with Gasteiger partial charge in [-0.1, -0.05) is 0 Å². The molecule has 0 unspecified atom stereocenters. The molecule has 0 saturated heterocycles. The van der Waals surface area contributed by atoms with Crippen molar-refractivity contribution >= 4 is 17.3 Å². The number of rotatable bonds is 6. The molecule has 0 saturated carbocycles. The maximum Gasteiger partial charge on any atom is 0.353 e. The van der Waals surface area contributed by atoms with Gasteiger partial charge in [0.1, 0.15) is 6.33 Å². The van der Waals surface area contributed by atoms with Crippen LogP contribution in [0.25, 0.3) is 0 Å². The van der Waals surface area contributed by atoms with Crippen LogP contribution < -0.4 is 10.6 Å². The second kappa shape index (κ2) is 6.10. The fraction of sp³-hybridized carbons (Fsp3) is 0.600. The lowest BCUT2D eigenvalue weighted by molar-refractivity contribution is -0.383. The SMILES string of the molecule is CC(C)N(CCCO)c1ncnc(N)c1[N+](=O)[O-]. The Morgan fingerprint density at radius 2 is 2.22 bits per heavy atom. The molecular weight excluding hydrogens is 238 g/mol. The van der Waals surface area contributed by atoms with Crippen molar-refractivity contribution in [1.82, 2.24) is 9.97 Å². The molecular formula is C10H17N5O3. The van der Waals surface area contributed by atoms with E-state index in [4.69, 9.17) is 10.8 Å². The van der Waals surface area contributed by atoms with Gasteiger partial charge in [-0.25, -0.2) is 9.97 Å². The zero-order valence-electron chi connectivity index (χ0n) is 10.4. The molecule has 3 N–H and O–H groups in total. The van der Waals surface area contributed by atoms with Crippen LogP contribution >= 0.6 is 0 Å². The van der Waals surface area contributed by atoms with Crippen molar-refractivity contribution in [2.24, 2.45) is 0 Å². The van der Waals surface area contributed by atoms with Crippen LogP contribution in [-0.2, 0) is 0 Å². The maximum atomic E-state index is 11.0. The predicted molar refractivity (Wildman–Crippen MR) is 67.3 cm³/mol. The Bertz CT molecular complexity index is 424. The molecule has 8 nitrogen and oxygen atoms in total. The van der Waals surface area contributed by atoms with Crippen LogP contribution in [0, 0.1) is 10.1 Å².